The van der Waals surface area contributed by atoms with Crippen molar-refractivity contribution in [1.29, 1.82) is 0 Å². The fourth-order valence-electron chi connectivity index (χ4n) is 2.95. The van der Waals surface area contributed by atoms with Crippen LogP contribution >= 0.6 is 11.8 Å². The number of phenolic OH excluding ortho intramolecular Hbond substituents is 1. The van der Waals surface area contributed by atoms with Crippen LogP contribution in [-0.2, 0) is 4.79 Å². The largest absolute Gasteiger partial charge is 0.508 e. The average Bonchev–Trinajstić information content (AvgIpc) is 2.73. The van der Waals surface area contributed by atoms with E-state index in [9.17, 15) is 14.7 Å². The van der Waals surface area contributed by atoms with Gasteiger partial charge in [-0.05, 0) is 55.7 Å². The zero-order chi connectivity index (χ0) is 22.0. The Bertz CT molecular complexity index is 595. The Labute approximate surface area is 185 Å². The molecule has 0 fully saturated rings. The number of imide groups is 1. The van der Waals surface area contributed by atoms with E-state index in [1.165, 1.54) is 44.2 Å². The van der Waals surface area contributed by atoms with Crippen LogP contribution < -0.4 is 15.4 Å². The Morgan fingerprint density at radius 1 is 1.07 bits per heavy atom. The normalized spacial score (nSPS) is 11.7. The summed E-state index contributed by atoms with van der Waals surface area (Å²) in [6.45, 7) is 5.07. The molecule has 0 radical (unpaired) electrons. The number of ether oxygens (including phenoxy) is 1. The quantitative estimate of drug-likeness (QED) is 0.307. The third kappa shape index (κ3) is 13.4. The molecule has 0 aliphatic rings. The highest BCUT2D eigenvalue weighted by atomic mass is 32.2. The zero-order valence-corrected chi connectivity index (χ0v) is 19.3. The number of carbonyl (C=O) groups excluding carboxylic acids is 2. The molecule has 1 aromatic rings. The van der Waals surface area contributed by atoms with Crippen LogP contribution in [0.3, 0.4) is 0 Å². The number of rotatable bonds is 16. The second kappa shape index (κ2) is 16.9. The van der Waals surface area contributed by atoms with E-state index in [0.29, 0.717) is 12.2 Å². The van der Waals surface area contributed by atoms with Crippen LogP contribution in [0.4, 0.5) is 4.79 Å². The maximum Gasteiger partial charge on any atom is 0.321 e. The second-order valence-electron chi connectivity index (χ2n) is 7.35. The highest BCUT2D eigenvalue weighted by molar-refractivity contribution is 7.99. The van der Waals surface area contributed by atoms with E-state index in [2.05, 4.69) is 36.2 Å². The molecule has 7 heteroatoms. The summed E-state index contributed by atoms with van der Waals surface area (Å²) < 4.78 is 5.43. The maximum absolute atomic E-state index is 11.8. The molecule has 6 nitrogen and oxygen atoms in total. The summed E-state index contributed by atoms with van der Waals surface area (Å²) in [6, 6.07) is 5.85. The lowest BCUT2D eigenvalue weighted by Gasteiger charge is -2.14. The van der Waals surface area contributed by atoms with Crippen molar-refractivity contribution in [2.45, 2.75) is 76.9 Å². The Morgan fingerprint density at radius 3 is 2.53 bits per heavy atom. The lowest BCUT2D eigenvalue weighted by molar-refractivity contribution is -0.120. The SMILES string of the molecule is CCCCCC(CC)SCCCCCC(=O)NC(=O)NCCOc1ccc(O)cc1. The van der Waals surface area contributed by atoms with Crippen LogP contribution in [0.25, 0.3) is 0 Å². The number of aromatic hydroxyl groups is 1. The predicted octanol–water partition coefficient (Wildman–Crippen LogP) is 5.25. The number of phenols is 1. The Balaban J connectivity index is 2.00. The lowest BCUT2D eigenvalue weighted by atomic mass is 10.1. The predicted molar refractivity (Wildman–Crippen MR) is 124 cm³/mol. The minimum atomic E-state index is -0.497. The smallest absolute Gasteiger partial charge is 0.321 e. The van der Waals surface area contributed by atoms with Gasteiger partial charge in [-0.1, -0.05) is 39.5 Å². The molecular formula is C23H38N2O4S. The molecule has 30 heavy (non-hydrogen) atoms. The first-order valence-corrected chi connectivity index (χ1v) is 12.2. The van der Waals surface area contributed by atoms with Crippen LogP contribution in [-0.4, -0.2) is 41.2 Å². The van der Waals surface area contributed by atoms with Crippen LogP contribution in [0.2, 0.25) is 0 Å². The third-order valence-electron chi connectivity index (χ3n) is 4.73. The zero-order valence-electron chi connectivity index (χ0n) is 18.5. The molecule has 1 atom stereocenters. The average molecular weight is 439 g/mol. The van der Waals surface area contributed by atoms with E-state index in [4.69, 9.17) is 4.74 Å². The van der Waals surface area contributed by atoms with E-state index < -0.39 is 6.03 Å². The van der Waals surface area contributed by atoms with E-state index in [-0.39, 0.29) is 24.8 Å². The van der Waals surface area contributed by atoms with E-state index in [1.54, 1.807) is 12.1 Å². The van der Waals surface area contributed by atoms with Crippen molar-refractivity contribution in [3.05, 3.63) is 24.3 Å². The summed E-state index contributed by atoms with van der Waals surface area (Å²) in [4.78, 5) is 23.6. The third-order valence-corrected chi connectivity index (χ3v) is 6.30. The number of nitrogens with one attached hydrogen (secondary N) is 2. The van der Waals surface area contributed by atoms with Gasteiger partial charge in [0.2, 0.25) is 5.91 Å². The van der Waals surface area contributed by atoms with Gasteiger partial charge in [-0.2, -0.15) is 11.8 Å². The van der Waals surface area contributed by atoms with Gasteiger partial charge in [-0.15, -0.1) is 0 Å². The molecule has 0 bridgehead atoms. The van der Waals surface area contributed by atoms with Gasteiger partial charge < -0.3 is 15.2 Å². The van der Waals surface area contributed by atoms with Crippen molar-refractivity contribution in [2.75, 3.05) is 18.9 Å². The molecule has 1 unspecified atom stereocenters. The number of carbonyl (C=O) groups is 2. The molecule has 0 saturated heterocycles. The fraction of sp³-hybridized carbons (Fsp3) is 0.652. The molecule has 3 amide bonds. The number of urea groups is 1. The first-order chi connectivity index (χ1) is 14.5. The summed E-state index contributed by atoms with van der Waals surface area (Å²) in [5.74, 6) is 1.68. The standard InChI is InChI=1S/C23H38N2O4S/c1-3-5-7-10-21(4-2)30-18-9-6-8-11-22(27)25-23(28)24-16-17-29-20-14-12-19(26)13-15-20/h12-15,21,26H,3-11,16-18H2,1-2H3,(H2,24,25,27,28). The molecule has 0 aliphatic carbocycles. The molecule has 0 heterocycles. The molecule has 1 aromatic carbocycles. The van der Waals surface area contributed by atoms with E-state index in [1.807, 2.05) is 0 Å². The first-order valence-electron chi connectivity index (χ1n) is 11.2. The van der Waals surface area contributed by atoms with Crippen molar-refractivity contribution in [1.82, 2.24) is 10.6 Å². The van der Waals surface area contributed by atoms with Crippen LogP contribution in [0.5, 0.6) is 11.5 Å². The van der Waals surface area contributed by atoms with Gasteiger partial charge in [0.1, 0.15) is 18.1 Å². The fourth-order valence-corrected chi connectivity index (χ4v) is 4.22. The Kier molecular flexibility index (Phi) is 14.7. The van der Waals surface area contributed by atoms with Gasteiger partial charge in [0.15, 0.2) is 0 Å². The second-order valence-corrected chi connectivity index (χ2v) is 8.76. The van der Waals surface area contributed by atoms with Crippen molar-refractivity contribution in [2.24, 2.45) is 0 Å². The van der Waals surface area contributed by atoms with Gasteiger partial charge in [0, 0.05) is 11.7 Å². The van der Waals surface area contributed by atoms with Crippen LogP contribution in [0.15, 0.2) is 24.3 Å². The molecule has 0 saturated carbocycles. The van der Waals surface area contributed by atoms with E-state index >= 15 is 0 Å². The summed E-state index contributed by atoms with van der Waals surface area (Å²) in [7, 11) is 0. The van der Waals surface area contributed by atoms with Gasteiger partial charge >= 0.3 is 6.03 Å². The van der Waals surface area contributed by atoms with Crippen molar-refractivity contribution in [3.63, 3.8) is 0 Å². The number of hydrogen-bond acceptors (Lipinski definition) is 5. The topological polar surface area (TPSA) is 87.7 Å². The van der Waals surface area contributed by atoms with Gasteiger partial charge in [0.25, 0.3) is 0 Å². The maximum atomic E-state index is 11.8. The summed E-state index contributed by atoms with van der Waals surface area (Å²) in [6.07, 6.45) is 9.76. The van der Waals surface area contributed by atoms with Crippen molar-refractivity contribution in [3.8, 4) is 11.5 Å². The molecule has 0 aliphatic heterocycles. The summed E-state index contributed by atoms with van der Waals surface area (Å²) >= 11 is 2.06. The Morgan fingerprint density at radius 2 is 1.83 bits per heavy atom. The summed E-state index contributed by atoms with van der Waals surface area (Å²) in [5, 5.41) is 14.9. The minimum absolute atomic E-state index is 0.171. The highest BCUT2D eigenvalue weighted by Crippen LogP contribution is 2.22. The van der Waals surface area contributed by atoms with Gasteiger partial charge in [0.05, 0.1) is 6.54 Å². The van der Waals surface area contributed by atoms with Crippen LogP contribution in [0.1, 0.15) is 71.6 Å². The van der Waals surface area contributed by atoms with E-state index in [0.717, 1.165) is 30.3 Å². The first kappa shape index (κ1) is 26.1. The van der Waals surface area contributed by atoms with Crippen molar-refractivity contribution >= 4 is 23.7 Å². The van der Waals surface area contributed by atoms with Gasteiger partial charge in [-0.3, -0.25) is 10.1 Å². The number of amides is 3. The summed E-state index contributed by atoms with van der Waals surface area (Å²) in [5.41, 5.74) is 0. The number of benzene rings is 1. The molecule has 3 N–H and O–H groups in total. The molecule has 0 aromatic heterocycles. The minimum Gasteiger partial charge on any atom is -0.508 e. The highest BCUT2D eigenvalue weighted by Gasteiger charge is 2.08. The van der Waals surface area contributed by atoms with Crippen LogP contribution in [0, 0.1) is 0 Å². The number of hydrogen-bond donors (Lipinski definition) is 3. The Hall–Kier alpha value is -1.89. The monoisotopic (exact) mass is 438 g/mol. The molecule has 1 rings (SSSR count). The number of thioether (sulfide) groups is 1. The van der Waals surface area contributed by atoms with Gasteiger partial charge in [-0.25, -0.2) is 4.79 Å². The molecule has 0 spiro atoms. The molecule has 170 valence electrons. The lowest BCUT2D eigenvalue weighted by Crippen LogP contribution is -2.40. The van der Waals surface area contributed by atoms with Crippen molar-refractivity contribution < 1.29 is 19.4 Å². The number of unbranched alkanes of at least 4 members (excludes halogenated alkanes) is 4. The molecular weight excluding hydrogens is 400 g/mol.